The summed E-state index contributed by atoms with van der Waals surface area (Å²) in [6.45, 7) is 2.31. The standard InChI is InChI=1S/C25H22N4O3S/c1-15-19(24-28-21-7-4-12-26-25(21)33-24)5-3-6-20(15)27-23(31)16-13-22(30)29(14-16)17-8-10-18(32-2)11-9-17/h3-12,16H,13-14H2,1-2H3,(H,27,31). The maximum Gasteiger partial charge on any atom is 0.229 e. The molecule has 0 aliphatic carbocycles. The van der Waals surface area contributed by atoms with Crippen LogP contribution in [0.5, 0.6) is 5.75 Å². The van der Waals surface area contributed by atoms with Crippen molar-refractivity contribution < 1.29 is 14.3 Å². The number of hydrogen-bond acceptors (Lipinski definition) is 6. The molecule has 1 saturated heterocycles. The van der Waals surface area contributed by atoms with Gasteiger partial charge in [0.25, 0.3) is 0 Å². The molecule has 0 saturated carbocycles. The van der Waals surface area contributed by atoms with E-state index in [1.165, 1.54) is 11.3 Å². The van der Waals surface area contributed by atoms with Gasteiger partial charge in [-0.1, -0.05) is 23.5 Å². The fourth-order valence-electron chi connectivity index (χ4n) is 4.02. The minimum Gasteiger partial charge on any atom is -0.497 e. The molecule has 3 heterocycles. The fraction of sp³-hybridized carbons (Fsp3) is 0.200. The first-order valence-electron chi connectivity index (χ1n) is 10.6. The van der Waals surface area contributed by atoms with E-state index < -0.39 is 5.92 Å². The molecule has 2 aromatic heterocycles. The Hall–Kier alpha value is -3.78. The van der Waals surface area contributed by atoms with Crippen molar-refractivity contribution in [1.82, 2.24) is 9.97 Å². The maximum atomic E-state index is 13.0. The Balaban J connectivity index is 1.33. The molecule has 0 radical (unpaired) electrons. The lowest BCUT2D eigenvalue weighted by Crippen LogP contribution is -2.28. The third kappa shape index (κ3) is 4.05. The second kappa shape index (κ2) is 8.63. The van der Waals surface area contributed by atoms with Gasteiger partial charge in [-0.3, -0.25) is 9.59 Å². The molecule has 0 bridgehead atoms. The highest BCUT2D eigenvalue weighted by Gasteiger charge is 2.35. The van der Waals surface area contributed by atoms with Gasteiger partial charge in [0.1, 0.15) is 21.1 Å². The molecule has 1 atom stereocenters. The van der Waals surface area contributed by atoms with E-state index in [0.29, 0.717) is 6.54 Å². The van der Waals surface area contributed by atoms with Crippen LogP contribution in [0.1, 0.15) is 12.0 Å². The monoisotopic (exact) mass is 458 g/mol. The first-order valence-corrected chi connectivity index (χ1v) is 11.4. The number of nitrogens with one attached hydrogen (secondary N) is 1. The molecule has 4 aromatic rings. The van der Waals surface area contributed by atoms with E-state index in [1.807, 2.05) is 61.5 Å². The van der Waals surface area contributed by atoms with E-state index in [0.717, 1.165) is 43.6 Å². The normalized spacial score (nSPS) is 15.8. The Morgan fingerprint density at radius 2 is 1.97 bits per heavy atom. The maximum absolute atomic E-state index is 13.0. The van der Waals surface area contributed by atoms with Crippen LogP contribution in [0.4, 0.5) is 11.4 Å². The number of fused-ring (bicyclic) bond motifs is 1. The fourth-order valence-corrected chi connectivity index (χ4v) is 5.01. The van der Waals surface area contributed by atoms with Crippen molar-refractivity contribution in [3.8, 4) is 16.3 Å². The van der Waals surface area contributed by atoms with Crippen LogP contribution in [0.2, 0.25) is 0 Å². The van der Waals surface area contributed by atoms with Crippen LogP contribution in [-0.2, 0) is 9.59 Å². The summed E-state index contributed by atoms with van der Waals surface area (Å²) < 4.78 is 5.18. The third-order valence-electron chi connectivity index (χ3n) is 5.87. The van der Waals surface area contributed by atoms with Gasteiger partial charge in [-0.15, -0.1) is 0 Å². The van der Waals surface area contributed by atoms with Gasteiger partial charge in [0, 0.05) is 36.1 Å². The van der Waals surface area contributed by atoms with Gasteiger partial charge in [-0.2, -0.15) is 0 Å². The van der Waals surface area contributed by atoms with Crippen LogP contribution < -0.4 is 15.0 Å². The molecule has 5 rings (SSSR count). The molecule has 8 heteroatoms. The number of carbonyl (C=O) groups excluding carboxylic acids is 2. The molecule has 1 fully saturated rings. The second-order valence-corrected chi connectivity index (χ2v) is 8.90. The first-order chi connectivity index (χ1) is 16.0. The molecule has 0 spiro atoms. The Morgan fingerprint density at radius 3 is 2.73 bits per heavy atom. The third-order valence-corrected chi connectivity index (χ3v) is 6.88. The predicted molar refractivity (Wildman–Crippen MR) is 130 cm³/mol. The molecular weight excluding hydrogens is 436 g/mol. The minimum atomic E-state index is -0.422. The number of thiazole rings is 1. The van der Waals surface area contributed by atoms with Crippen LogP contribution in [0, 0.1) is 12.8 Å². The highest BCUT2D eigenvalue weighted by Crippen LogP contribution is 2.34. The van der Waals surface area contributed by atoms with Crippen LogP contribution >= 0.6 is 11.3 Å². The zero-order valence-corrected chi connectivity index (χ0v) is 19.1. The number of nitrogens with zero attached hydrogens (tertiary/aromatic N) is 3. The number of rotatable bonds is 5. The Morgan fingerprint density at radius 1 is 1.15 bits per heavy atom. The highest BCUT2D eigenvalue weighted by molar-refractivity contribution is 7.21. The zero-order chi connectivity index (χ0) is 22.9. The van der Waals surface area contributed by atoms with Gasteiger partial charge in [0.15, 0.2) is 0 Å². The molecule has 1 aliphatic rings. The van der Waals surface area contributed by atoms with E-state index >= 15 is 0 Å². The van der Waals surface area contributed by atoms with Crippen molar-refractivity contribution in [2.45, 2.75) is 13.3 Å². The van der Waals surface area contributed by atoms with Gasteiger partial charge in [-0.05, 0) is 55.0 Å². The Bertz CT molecular complexity index is 1320. The molecule has 1 N–H and O–H groups in total. The topological polar surface area (TPSA) is 84.4 Å². The van der Waals surface area contributed by atoms with Crippen molar-refractivity contribution in [2.75, 3.05) is 23.9 Å². The molecule has 33 heavy (non-hydrogen) atoms. The smallest absolute Gasteiger partial charge is 0.229 e. The van der Waals surface area contributed by atoms with E-state index in [1.54, 1.807) is 18.2 Å². The molecule has 2 amide bonds. The SMILES string of the molecule is COc1ccc(N2CC(C(=O)Nc3cccc(-c4nc5cccnc5s4)c3C)CC2=O)cc1. The lowest BCUT2D eigenvalue weighted by Gasteiger charge is -2.17. The summed E-state index contributed by atoms with van der Waals surface area (Å²) in [6.07, 6.45) is 1.94. The number of methoxy groups -OCH3 is 1. The van der Waals surface area contributed by atoms with Gasteiger partial charge in [0.2, 0.25) is 11.8 Å². The quantitative estimate of drug-likeness (QED) is 0.470. The molecule has 1 aliphatic heterocycles. The first kappa shape index (κ1) is 21.1. The van der Waals surface area contributed by atoms with Crippen molar-refractivity contribution in [2.24, 2.45) is 5.92 Å². The lowest BCUT2D eigenvalue weighted by atomic mass is 10.0. The van der Waals surface area contributed by atoms with Crippen molar-refractivity contribution in [3.63, 3.8) is 0 Å². The number of amides is 2. The summed E-state index contributed by atoms with van der Waals surface area (Å²) in [4.78, 5) is 37.2. The Kier molecular flexibility index (Phi) is 5.51. The van der Waals surface area contributed by atoms with E-state index in [9.17, 15) is 9.59 Å². The number of carbonyl (C=O) groups is 2. The molecule has 7 nitrogen and oxygen atoms in total. The van der Waals surface area contributed by atoms with Crippen LogP contribution in [0.25, 0.3) is 20.9 Å². The summed E-state index contributed by atoms with van der Waals surface area (Å²) in [5.74, 6) is 0.0756. The number of hydrogen-bond donors (Lipinski definition) is 1. The number of aromatic nitrogens is 2. The molecule has 1 unspecified atom stereocenters. The molecule has 166 valence electrons. The lowest BCUT2D eigenvalue weighted by molar-refractivity contribution is -0.122. The second-order valence-electron chi connectivity index (χ2n) is 7.92. The summed E-state index contributed by atoms with van der Waals surface area (Å²) in [5, 5.41) is 3.89. The van der Waals surface area contributed by atoms with Crippen molar-refractivity contribution >= 4 is 44.9 Å². The van der Waals surface area contributed by atoms with E-state index in [2.05, 4.69) is 10.3 Å². The van der Waals surface area contributed by atoms with Gasteiger partial charge in [0.05, 0.1) is 13.0 Å². The molecule has 2 aromatic carbocycles. The van der Waals surface area contributed by atoms with Crippen LogP contribution in [0.15, 0.2) is 60.8 Å². The number of pyridine rings is 1. The average molecular weight is 459 g/mol. The predicted octanol–water partition coefficient (Wildman–Crippen LogP) is 4.67. The summed E-state index contributed by atoms with van der Waals surface area (Å²) in [5.41, 5.74) is 4.23. The summed E-state index contributed by atoms with van der Waals surface area (Å²) in [6, 6.07) is 16.9. The van der Waals surface area contributed by atoms with Crippen LogP contribution in [-0.4, -0.2) is 35.4 Å². The number of anilines is 2. The van der Waals surface area contributed by atoms with Crippen LogP contribution in [0.3, 0.4) is 0 Å². The number of benzene rings is 2. The van der Waals surface area contributed by atoms with Gasteiger partial charge < -0.3 is 15.0 Å². The van der Waals surface area contributed by atoms with Gasteiger partial charge in [-0.25, -0.2) is 9.97 Å². The summed E-state index contributed by atoms with van der Waals surface area (Å²) in [7, 11) is 1.60. The minimum absolute atomic E-state index is 0.0623. The van der Waals surface area contributed by atoms with Gasteiger partial charge >= 0.3 is 0 Å². The largest absolute Gasteiger partial charge is 0.497 e. The average Bonchev–Trinajstić information content (AvgIpc) is 3.44. The Labute approximate surface area is 195 Å². The van der Waals surface area contributed by atoms with Crippen molar-refractivity contribution in [1.29, 1.82) is 0 Å². The van der Waals surface area contributed by atoms with E-state index in [4.69, 9.17) is 9.72 Å². The molecular formula is C25H22N4O3S. The zero-order valence-electron chi connectivity index (χ0n) is 18.2. The highest BCUT2D eigenvalue weighted by atomic mass is 32.1. The summed E-state index contributed by atoms with van der Waals surface area (Å²) >= 11 is 1.52. The number of ether oxygens (including phenoxy) is 1. The van der Waals surface area contributed by atoms with Crippen molar-refractivity contribution in [3.05, 3.63) is 66.4 Å². The van der Waals surface area contributed by atoms with E-state index in [-0.39, 0.29) is 18.2 Å².